The van der Waals surface area contributed by atoms with Crippen LogP contribution in [-0.2, 0) is 0 Å². The number of nitrogens with zero attached hydrogens (tertiary/aromatic N) is 3. The first kappa shape index (κ1) is 19.2. The third kappa shape index (κ3) is 4.03. The summed E-state index contributed by atoms with van der Waals surface area (Å²) in [5, 5.41) is 9.81. The number of H-pyrrole nitrogens is 1. The van der Waals surface area contributed by atoms with Gasteiger partial charge in [0.1, 0.15) is 11.6 Å². The van der Waals surface area contributed by atoms with Crippen LogP contribution in [0.3, 0.4) is 0 Å². The Hall–Kier alpha value is -3.62. The molecule has 0 saturated carbocycles. The fraction of sp³-hybridized carbons (Fsp3) is 0.263. The summed E-state index contributed by atoms with van der Waals surface area (Å²) < 4.78 is 6.90. The van der Waals surface area contributed by atoms with Crippen molar-refractivity contribution >= 4 is 17.5 Å². The molecule has 0 saturated heterocycles. The van der Waals surface area contributed by atoms with Crippen molar-refractivity contribution in [2.45, 2.75) is 27.7 Å². The number of hydrogen-bond acceptors (Lipinski definition) is 5. The normalized spacial score (nSPS) is 10.6. The summed E-state index contributed by atoms with van der Waals surface area (Å²) in [6.45, 7) is 7.58. The number of nitrogens with one attached hydrogen (secondary N) is 3. The lowest BCUT2D eigenvalue weighted by Gasteiger charge is -2.13. The molecule has 2 aromatic heterocycles. The molecule has 0 fully saturated rings. The van der Waals surface area contributed by atoms with Crippen LogP contribution in [0, 0.1) is 20.8 Å². The molecule has 3 rings (SSSR count). The van der Waals surface area contributed by atoms with E-state index in [2.05, 4.69) is 25.7 Å². The van der Waals surface area contributed by atoms with Gasteiger partial charge in [0.25, 0.3) is 5.56 Å². The zero-order valence-electron chi connectivity index (χ0n) is 16.2. The summed E-state index contributed by atoms with van der Waals surface area (Å²) >= 11 is 0. The Bertz CT molecular complexity index is 1070. The topological polar surface area (TPSA) is 114 Å². The van der Waals surface area contributed by atoms with E-state index in [4.69, 9.17) is 4.74 Å². The second kappa shape index (κ2) is 7.95. The maximum absolute atomic E-state index is 12.5. The van der Waals surface area contributed by atoms with Gasteiger partial charge in [-0.15, -0.1) is 0 Å². The number of carbonyl (C=O) groups excluding carboxylic acids is 1. The van der Waals surface area contributed by atoms with E-state index in [9.17, 15) is 9.59 Å². The molecule has 0 aliphatic carbocycles. The second-order valence-electron chi connectivity index (χ2n) is 6.19. The first-order valence-corrected chi connectivity index (χ1v) is 8.83. The third-order valence-corrected chi connectivity index (χ3v) is 4.09. The van der Waals surface area contributed by atoms with Gasteiger partial charge in [0.05, 0.1) is 18.0 Å². The summed E-state index contributed by atoms with van der Waals surface area (Å²) in [5.41, 5.74) is 2.07. The summed E-state index contributed by atoms with van der Waals surface area (Å²) in [4.78, 5) is 31.6. The summed E-state index contributed by atoms with van der Waals surface area (Å²) in [6, 6.07) is 8.36. The third-order valence-electron chi connectivity index (χ3n) is 4.09. The molecule has 0 radical (unpaired) electrons. The number of hydrogen-bond donors (Lipinski definition) is 3. The van der Waals surface area contributed by atoms with Gasteiger partial charge in [-0.25, -0.2) is 9.78 Å². The highest BCUT2D eigenvalue weighted by molar-refractivity contribution is 6.00. The maximum Gasteiger partial charge on any atom is 0.324 e. The molecule has 9 heteroatoms. The Kier molecular flexibility index (Phi) is 5.44. The molecule has 0 unspecified atom stereocenters. The Morgan fingerprint density at radius 2 is 1.96 bits per heavy atom. The van der Waals surface area contributed by atoms with E-state index in [1.807, 2.05) is 13.0 Å². The molecule has 2 heterocycles. The molecule has 28 heavy (non-hydrogen) atoms. The quantitative estimate of drug-likeness (QED) is 0.628. The van der Waals surface area contributed by atoms with Crippen molar-refractivity contribution in [1.29, 1.82) is 0 Å². The minimum absolute atomic E-state index is 0.228. The molecule has 0 spiro atoms. The highest BCUT2D eigenvalue weighted by atomic mass is 16.5. The lowest BCUT2D eigenvalue weighted by molar-refractivity contribution is 0.261. The van der Waals surface area contributed by atoms with Crippen LogP contribution in [0.25, 0.3) is 5.95 Å². The van der Waals surface area contributed by atoms with Gasteiger partial charge in [0.2, 0.25) is 5.95 Å². The smallest absolute Gasteiger partial charge is 0.324 e. The number of aryl methyl sites for hydroxylation is 2. The molecule has 0 bridgehead atoms. The Labute approximate surface area is 161 Å². The van der Waals surface area contributed by atoms with Crippen molar-refractivity contribution in [1.82, 2.24) is 19.7 Å². The lowest BCUT2D eigenvalue weighted by atomic mass is 10.3. The maximum atomic E-state index is 12.5. The average Bonchev–Trinajstić information content (AvgIpc) is 3.01. The number of benzene rings is 1. The lowest BCUT2D eigenvalue weighted by Crippen LogP contribution is -2.23. The fourth-order valence-electron chi connectivity index (χ4n) is 2.60. The van der Waals surface area contributed by atoms with Crippen LogP contribution in [0.5, 0.6) is 5.75 Å². The van der Waals surface area contributed by atoms with Crippen molar-refractivity contribution in [3.63, 3.8) is 0 Å². The number of aromatic amines is 1. The van der Waals surface area contributed by atoms with Gasteiger partial charge >= 0.3 is 6.03 Å². The highest BCUT2D eigenvalue weighted by Crippen LogP contribution is 2.24. The zero-order valence-corrected chi connectivity index (χ0v) is 16.2. The van der Waals surface area contributed by atoms with E-state index in [0.29, 0.717) is 40.8 Å². The standard InChI is InChI=1S/C19H22N6O3/c1-5-28-15-9-7-6-8-14(15)21-19(27)22-16-10-11(2)24-25(16)18-20-13(4)12(3)17(26)23-18/h6-10H,5H2,1-4H3,(H,20,23,26)(H2,21,22,27). The number of rotatable bonds is 5. The molecule has 2 amide bonds. The monoisotopic (exact) mass is 382 g/mol. The molecule has 146 valence electrons. The predicted octanol–water partition coefficient (Wildman–Crippen LogP) is 2.92. The Morgan fingerprint density at radius 1 is 1.21 bits per heavy atom. The van der Waals surface area contributed by atoms with Gasteiger partial charge in [0.15, 0.2) is 0 Å². The molecule has 0 aliphatic rings. The number of amides is 2. The van der Waals surface area contributed by atoms with E-state index < -0.39 is 6.03 Å². The molecule has 3 N–H and O–H groups in total. The summed E-state index contributed by atoms with van der Waals surface area (Å²) in [7, 11) is 0. The van der Waals surface area contributed by atoms with Gasteiger partial charge in [-0.05, 0) is 39.8 Å². The molecule has 0 aliphatic heterocycles. The molecule has 1 aromatic carbocycles. The predicted molar refractivity (Wildman–Crippen MR) is 106 cm³/mol. The molecule has 0 atom stereocenters. The summed E-state index contributed by atoms with van der Waals surface area (Å²) in [5.74, 6) is 1.17. The van der Waals surface area contributed by atoms with Crippen molar-refractivity contribution < 1.29 is 9.53 Å². The van der Waals surface area contributed by atoms with E-state index in [0.717, 1.165) is 0 Å². The summed E-state index contributed by atoms with van der Waals surface area (Å²) in [6.07, 6.45) is 0. The first-order valence-electron chi connectivity index (χ1n) is 8.83. The molecular formula is C19H22N6O3. The SMILES string of the molecule is CCOc1ccccc1NC(=O)Nc1cc(C)nn1-c1nc(C)c(C)c(=O)[nH]1. The second-order valence-corrected chi connectivity index (χ2v) is 6.19. The average molecular weight is 382 g/mol. The van der Waals surface area contributed by atoms with Crippen molar-refractivity contribution in [3.05, 3.63) is 57.6 Å². The van der Waals surface area contributed by atoms with Gasteiger partial charge in [-0.2, -0.15) is 9.78 Å². The van der Waals surface area contributed by atoms with Crippen LogP contribution < -0.4 is 20.9 Å². The number of ether oxygens (including phenoxy) is 1. The van der Waals surface area contributed by atoms with Crippen LogP contribution in [0.1, 0.15) is 23.9 Å². The molecule has 3 aromatic rings. The van der Waals surface area contributed by atoms with Crippen LogP contribution >= 0.6 is 0 Å². The van der Waals surface area contributed by atoms with Crippen LogP contribution in [0.15, 0.2) is 35.1 Å². The first-order chi connectivity index (χ1) is 13.4. The number of carbonyl (C=O) groups is 1. The van der Waals surface area contributed by atoms with Gasteiger partial charge < -0.3 is 10.1 Å². The van der Waals surface area contributed by atoms with Crippen LogP contribution in [-0.4, -0.2) is 32.4 Å². The van der Waals surface area contributed by atoms with Gasteiger partial charge in [-0.3, -0.25) is 15.1 Å². The molecular weight excluding hydrogens is 360 g/mol. The zero-order chi connectivity index (χ0) is 20.3. The largest absolute Gasteiger partial charge is 0.492 e. The van der Waals surface area contributed by atoms with Crippen molar-refractivity contribution in [2.24, 2.45) is 0 Å². The minimum atomic E-state index is -0.473. The fourth-order valence-corrected chi connectivity index (χ4v) is 2.60. The number of aromatic nitrogens is 4. The Morgan fingerprint density at radius 3 is 2.68 bits per heavy atom. The number of anilines is 2. The van der Waals surface area contributed by atoms with E-state index in [1.54, 1.807) is 45.0 Å². The molecule has 9 nitrogen and oxygen atoms in total. The van der Waals surface area contributed by atoms with Crippen LogP contribution in [0.4, 0.5) is 16.3 Å². The van der Waals surface area contributed by atoms with E-state index >= 15 is 0 Å². The van der Waals surface area contributed by atoms with E-state index in [1.165, 1.54) is 4.68 Å². The highest BCUT2D eigenvalue weighted by Gasteiger charge is 2.15. The van der Waals surface area contributed by atoms with Gasteiger partial charge in [-0.1, -0.05) is 12.1 Å². The number of urea groups is 1. The van der Waals surface area contributed by atoms with Crippen LogP contribution in [0.2, 0.25) is 0 Å². The van der Waals surface area contributed by atoms with E-state index in [-0.39, 0.29) is 11.5 Å². The van der Waals surface area contributed by atoms with Gasteiger partial charge in [0, 0.05) is 17.3 Å². The number of para-hydroxylation sites is 2. The minimum Gasteiger partial charge on any atom is -0.492 e. The Balaban J connectivity index is 1.86. The van der Waals surface area contributed by atoms with Crippen molar-refractivity contribution in [2.75, 3.05) is 17.2 Å². The van der Waals surface area contributed by atoms with Crippen molar-refractivity contribution in [3.8, 4) is 11.7 Å².